The molecule has 0 aliphatic heterocycles. The largest absolute Gasteiger partial charge is 0.464 e. The topological polar surface area (TPSA) is 108 Å². The SMILES string of the molecule is CCOC(=O)C(NC(=O)c1ocnc1C)C(=O)OCC. The second kappa shape index (κ2) is 7.27. The molecule has 1 rings (SSSR count). The van der Waals surface area contributed by atoms with E-state index in [0.29, 0.717) is 5.69 Å². The van der Waals surface area contributed by atoms with E-state index in [1.807, 2.05) is 0 Å². The van der Waals surface area contributed by atoms with Gasteiger partial charge in [0, 0.05) is 0 Å². The maximum absolute atomic E-state index is 11.9. The van der Waals surface area contributed by atoms with Crippen LogP contribution < -0.4 is 5.32 Å². The van der Waals surface area contributed by atoms with Crippen LogP contribution in [0.2, 0.25) is 0 Å². The maximum atomic E-state index is 11.9. The molecule has 0 saturated carbocycles. The standard InChI is InChI=1S/C12H16N2O6/c1-4-18-11(16)8(12(17)19-5-2)14-10(15)9-7(3)13-6-20-9/h6,8H,4-5H2,1-3H3,(H,14,15). The number of carbonyl (C=O) groups is 3. The van der Waals surface area contributed by atoms with E-state index in [1.165, 1.54) is 0 Å². The van der Waals surface area contributed by atoms with Gasteiger partial charge in [-0.25, -0.2) is 14.6 Å². The van der Waals surface area contributed by atoms with Crippen molar-refractivity contribution in [2.24, 2.45) is 0 Å². The fourth-order valence-electron chi connectivity index (χ4n) is 1.38. The minimum Gasteiger partial charge on any atom is -0.464 e. The van der Waals surface area contributed by atoms with Crippen LogP contribution in [-0.2, 0) is 19.1 Å². The summed E-state index contributed by atoms with van der Waals surface area (Å²) in [7, 11) is 0. The van der Waals surface area contributed by atoms with E-state index in [2.05, 4.69) is 10.3 Å². The van der Waals surface area contributed by atoms with Crippen LogP contribution >= 0.6 is 0 Å². The molecule has 8 nitrogen and oxygen atoms in total. The summed E-state index contributed by atoms with van der Waals surface area (Å²) in [5, 5.41) is 2.21. The number of hydrogen-bond donors (Lipinski definition) is 1. The Labute approximate surface area is 115 Å². The van der Waals surface area contributed by atoms with Gasteiger partial charge in [-0.1, -0.05) is 0 Å². The van der Waals surface area contributed by atoms with E-state index in [9.17, 15) is 14.4 Å². The molecule has 0 fully saturated rings. The Morgan fingerprint density at radius 3 is 2.20 bits per heavy atom. The third kappa shape index (κ3) is 3.81. The van der Waals surface area contributed by atoms with Crippen molar-refractivity contribution < 1.29 is 28.3 Å². The number of oxazole rings is 1. The van der Waals surface area contributed by atoms with Crippen molar-refractivity contribution in [3.63, 3.8) is 0 Å². The Kier molecular flexibility index (Phi) is 5.70. The average molecular weight is 284 g/mol. The number of carbonyl (C=O) groups excluding carboxylic acids is 3. The van der Waals surface area contributed by atoms with Crippen molar-refractivity contribution in [3.8, 4) is 0 Å². The fraction of sp³-hybridized carbons (Fsp3) is 0.500. The van der Waals surface area contributed by atoms with Crippen LogP contribution in [0.1, 0.15) is 30.1 Å². The quantitative estimate of drug-likeness (QED) is 0.587. The highest BCUT2D eigenvalue weighted by Gasteiger charge is 2.32. The van der Waals surface area contributed by atoms with Gasteiger partial charge in [0.2, 0.25) is 11.8 Å². The molecule has 1 heterocycles. The monoisotopic (exact) mass is 284 g/mol. The molecular weight excluding hydrogens is 268 g/mol. The summed E-state index contributed by atoms with van der Waals surface area (Å²) in [6.07, 6.45) is 1.09. The van der Waals surface area contributed by atoms with E-state index in [4.69, 9.17) is 13.9 Å². The van der Waals surface area contributed by atoms with Gasteiger partial charge in [-0.2, -0.15) is 0 Å². The third-order valence-corrected chi connectivity index (χ3v) is 2.27. The first-order valence-corrected chi connectivity index (χ1v) is 6.05. The van der Waals surface area contributed by atoms with Crippen molar-refractivity contribution >= 4 is 17.8 Å². The van der Waals surface area contributed by atoms with Gasteiger partial charge in [0.1, 0.15) is 0 Å². The number of nitrogens with zero attached hydrogens (tertiary/aromatic N) is 1. The Bertz CT molecular complexity index is 478. The molecule has 0 bridgehead atoms. The minimum atomic E-state index is -1.54. The molecule has 0 aliphatic carbocycles. The molecule has 0 radical (unpaired) electrons. The van der Waals surface area contributed by atoms with E-state index in [-0.39, 0.29) is 19.0 Å². The molecule has 1 N–H and O–H groups in total. The van der Waals surface area contributed by atoms with E-state index >= 15 is 0 Å². The highest BCUT2D eigenvalue weighted by Crippen LogP contribution is 2.06. The normalized spacial score (nSPS) is 10.2. The number of rotatable bonds is 6. The summed E-state index contributed by atoms with van der Waals surface area (Å²) in [6, 6.07) is -1.54. The van der Waals surface area contributed by atoms with Gasteiger partial charge in [-0.05, 0) is 20.8 Å². The second-order valence-corrected chi connectivity index (χ2v) is 3.68. The van der Waals surface area contributed by atoms with Crippen LogP contribution in [0.3, 0.4) is 0 Å². The lowest BCUT2D eigenvalue weighted by Gasteiger charge is -2.15. The van der Waals surface area contributed by atoms with Crippen molar-refractivity contribution in [3.05, 3.63) is 17.8 Å². The van der Waals surface area contributed by atoms with Crippen LogP contribution in [0.5, 0.6) is 0 Å². The highest BCUT2D eigenvalue weighted by molar-refractivity contribution is 6.05. The maximum Gasteiger partial charge on any atom is 0.340 e. The van der Waals surface area contributed by atoms with E-state index in [0.717, 1.165) is 6.39 Å². The molecule has 0 aromatic carbocycles. The molecule has 20 heavy (non-hydrogen) atoms. The van der Waals surface area contributed by atoms with Crippen molar-refractivity contribution in [1.82, 2.24) is 10.3 Å². The lowest BCUT2D eigenvalue weighted by Crippen LogP contribution is -2.48. The van der Waals surface area contributed by atoms with Crippen molar-refractivity contribution in [1.29, 1.82) is 0 Å². The lowest BCUT2D eigenvalue weighted by atomic mass is 10.2. The molecular formula is C12H16N2O6. The first-order valence-electron chi connectivity index (χ1n) is 6.05. The van der Waals surface area contributed by atoms with Gasteiger partial charge in [0.15, 0.2) is 6.39 Å². The zero-order valence-corrected chi connectivity index (χ0v) is 11.5. The zero-order chi connectivity index (χ0) is 15.1. The number of amides is 1. The number of aryl methyl sites for hydroxylation is 1. The zero-order valence-electron chi connectivity index (χ0n) is 11.5. The molecule has 0 saturated heterocycles. The van der Waals surface area contributed by atoms with Gasteiger partial charge in [0.05, 0.1) is 18.9 Å². The lowest BCUT2D eigenvalue weighted by molar-refractivity contribution is -0.157. The number of aromatic nitrogens is 1. The molecule has 8 heteroatoms. The summed E-state index contributed by atoms with van der Waals surface area (Å²) < 4.78 is 14.3. The molecule has 110 valence electrons. The smallest absolute Gasteiger partial charge is 0.340 e. The summed E-state index contributed by atoms with van der Waals surface area (Å²) in [4.78, 5) is 39.0. The van der Waals surface area contributed by atoms with Crippen LogP contribution in [0, 0.1) is 6.92 Å². The minimum absolute atomic E-state index is 0.0753. The van der Waals surface area contributed by atoms with Gasteiger partial charge in [0.25, 0.3) is 5.91 Å². The number of nitrogens with one attached hydrogen (secondary N) is 1. The Morgan fingerprint density at radius 2 is 1.80 bits per heavy atom. The van der Waals surface area contributed by atoms with Crippen LogP contribution in [0.25, 0.3) is 0 Å². The average Bonchev–Trinajstić information content (AvgIpc) is 2.82. The van der Waals surface area contributed by atoms with Crippen molar-refractivity contribution in [2.45, 2.75) is 26.8 Å². The highest BCUT2D eigenvalue weighted by atomic mass is 16.6. The fourth-order valence-corrected chi connectivity index (χ4v) is 1.38. The molecule has 0 atom stereocenters. The summed E-state index contributed by atoms with van der Waals surface area (Å²) in [5.74, 6) is -2.61. The van der Waals surface area contributed by atoms with Gasteiger partial charge >= 0.3 is 11.9 Å². The molecule has 0 unspecified atom stereocenters. The number of hydrogen-bond acceptors (Lipinski definition) is 7. The van der Waals surface area contributed by atoms with Crippen LogP contribution in [0.15, 0.2) is 10.8 Å². The first kappa shape index (κ1) is 15.7. The molecule has 1 aromatic rings. The van der Waals surface area contributed by atoms with Crippen LogP contribution in [0.4, 0.5) is 0 Å². The Morgan fingerprint density at radius 1 is 1.25 bits per heavy atom. The molecule has 0 spiro atoms. The molecule has 1 aromatic heterocycles. The third-order valence-electron chi connectivity index (χ3n) is 2.27. The van der Waals surface area contributed by atoms with Crippen LogP contribution in [-0.4, -0.2) is 42.1 Å². The Balaban J connectivity index is 2.84. The summed E-state index contributed by atoms with van der Waals surface area (Å²) >= 11 is 0. The summed E-state index contributed by atoms with van der Waals surface area (Å²) in [6.45, 7) is 4.88. The van der Waals surface area contributed by atoms with Gasteiger partial charge in [-0.15, -0.1) is 0 Å². The predicted molar refractivity (Wildman–Crippen MR) is 65.8 cm³/mol. The Hall–Kier alpha value is -2.38. The van der Waals surface area contributed by atoms with Gasteiger partial charge < -0.3 is 19.2 Å². The molecule has 0 aliphatic rings. The summed E-state index contributed by atoms with van der Waals surface area (Å²) in [5.41, 5.74) is 0.342. The molecule has 1 amide bonds. The predicted octanol–water partition coefficient (Wildman–Crippen LogP) is 0.208. The second-order valence-electron chi connectivity index (χ2n) is 3.68. The number of esters is 2. The van der Waals surface area contributed by atoms with E-state index < -0.39 is 23.9 Å². The number of ether oxygens (including phenoxy) is 2. The van der Waals surface area contributed by atoms with Gasteiger partial charge in [-0.3, -0.25) is 4.79 Å². The van der Waals surface area contributed by atoms with E-state index in [1.54, 1.807) is 20.8 Å². The van der Waals surface area contributed by atoms with Crippen molar-refractivity contribution in [2.75, 3.05) is 13.2 Å². The first-order chi connectivity index (χ1) is 9.51.